The van der Waals surface area contributed by atoms with Crippen molar-refractivity contribution in [2.24, 2.45) is 0 Å². The van der Waals surface area contributed by atoms with Crippen LogP contribution in [0.1, 0.15) is 22.8 Å². The Morgan fingerprint density at radius 3 is 2.52 bits per heavy atom. The third-order valence-electron chi connectivity index (χ3n) is 4.93. The number of thiophene rings is 1. The topological polar surface area (TPSA) is 101 Å². The average molecular weight is 433 g/mol. The second kappa shape index (κ2) is 8.53. The van der Waals surface area contributed by atoms with Gasteiger partial charge in [-0.2, -0.15) is 0 Å². The molecule has 31 heavy (non-hydrogen) atoms. The maximum absolute atomic E-state index is 13.3. The lowest BCUT2D eigenvalue weighted by Crippen LogP contribution is -2.30. The van der Waals surface area contributed by atoms with Crippen molar-refractivity contribution in [1.29, 1.82) is 0 Å². The Morgan fingerprint density at radius 1 is 1.10 bits per heavy atom. The molecule has 0 fully saturated rings. The number of aryl methyl sites for hydroxylation is 1. The molecule has 4 rings (SSSR count). The number of carboxylic acids is 1. The Morgan fingerprint density at radius 2 is 1.81 bits per heavy atom. The Kier molecular flexibility index (Phi) is 5.64. The van der Waals surface area contributed by atoms with Gasteiger partial charge in [0.2, 0.25) is 5.91 Å². The maximum atomic E-state index is 13.3. The summed E-state index contributed by atoms with van der Waals surface area (Å²) in [5.74, 6) is -1.28. The van der Waals surface area contributed by atoms with Crippen molar-refractivity contribution < 1.29 is 14.7 Å². The van der Waals surface area contributed by atoms with Crippen LogP contribution in [0.4, 0.5) is 5.69 Å². The average Bonchev–Trinajstić information content (AvgIpc) is 3.21. The van der Waals surface area contributed by atoms with Crippen LogP contribution in [0.2, 0.25) is 0 Å². The van der Waals surface area contributed by atoms with E-state index < -0.39 is 17.4 Å². The van der Waals surface area contributed by atoms with Crippen molar-refractivity contribution >= 4 is 39.1 Å². The van der Waals surface area contributed by atoms with Crippen LogP contribution in [0, 0.1) is 0 Å². The van der Waals surface area contributed by atoms with E-state index in [9.17, 15) is 19.5 Å². The van der Waals surface area contributed by atoms with Gasteiger partial charge >= 0.3 is 5.97 Å². The fraction of sp³-hybridized carbons (Fsp3) is 0.130. The van der Waals surface area contributed by atoms with Gasteiger partial charge in [0.1, 0.15) is 17.2 Å². The first-order chi connectivity index (χ1) is 15.0. The van der Waals surface area contributed by atoms with Crippen molar-refractivity contribution in [2.45, 2.75) is 19.9 Å². The van der Waals surface area contributed by atoms with Crippen LogP contribution in [0.15, 0.2) is 64.8 Å². The molecule has 4 aromatic rings. The predicted octanol–water partition coefficient (Wildman–Crippen LogP) is 4.02. The Bertz CT molecular complexity index is 1340. The zero-order valence-corrected chi connectivity index (χ0v) is 17.5. The van der Waals surface area contributed by atoms with Crippen LogP contribution in [0.5, 0.6) is 0 Å². The van der Waals surface area contributed by atoms with Gasteiger partial charge in [0.25, 0.3) is 5.56 Å². The fourth-order valence-corrected chi connectivity index (χ4v) is 4.32. The summed E-state index contributed by atoms with van der Waals surface area (Å²) in [5, 5.41) is 13.7. The molecule has 2 aromatic carbocycles. The molecular weight excluding hydrogens is 414 g/mol. The number of nitrogens with one attached hydrogen (secondary N) is 1. The molecule has 0 aliphatic carbocycles. The number of hydrogen-bond donors (Lipinski definition) is 2. The zero-order chi connectivity index (χ0) is 22.0. The standard InChI is InChI=1S/C23H19N3O4S/c1-2-14-8-6-7-11-17(14)24-18(27)12-26-20(15-9-4-3-5-10-15)25-21-19(22(26)28)16(13-31-21)23(29)30/h3-11,13H,2,12H2,1H3,(H,24,27)(H,29,30). The van der Waals surface area contributed by atoms with Gasteiger partial charge in [-0.15, -0.1) is 11.3 Å². The summed E-state index contributed by atoms with van der Waals surface area (Å²) < 4.78 is 1.24. The molecule has 1 amide bonds. The van der Waals surface area contributed by atoms with Crippen molar-refractivity contribution in [2.75, 3.05) is 5.32 Å². The van der Waals surface area contributed by atoms with Crippen LogP contribution < -0.4 is 10.9 Å². The number of amides is 1. The molecule has 0 saturated carbocycles. The van der Waals surface area contributed by atoms with Crippen molar-refractivity contribution in [3.63, 3.8) is 0 Å². The number of rotatable bonds is 6. The van der Waals surface area contributed by atoms with E-state index in [0.717, 1.165) is 23.3 Å². The van der Waals surface area contributed by atoms with Gasteiger partial charge in [-0.05, 0) is 18.1 Å². The molecule has 0 aliphatic rings. The molecule has 0 spiro atoms. The summed E-state index contributed by atoms with van der Waals surface area (Å²) in [5.41, 5.74) is 1.66. The van der Waals surface area contributed by atoms with E-state index in [1.165, 1.54) is 9.95 Å². The van der Waals surface area contributed by atoms with E-state index in [-0.39, 0.29) is 17.5 Å². The minimum Gasteiger partial charge on any atom is -0.478 e. The molecular formula is C23H19N3O4S. The molecule has 2 N–H and O–H groups in total. The summed E-state index contributed by atoms with van der Waals surface area (Å²) in [6.45, 7) is 1.70. The molecule has 0 aliphatic heterocycles. The first-order valence-corrected chi connectivity index (χ1v) is 10.6. The van der Waals surface area contributed by atoms with Gasteiger partial charge in [-0.25, -0.2) is 9.78 Å². The van der Waals surface area contributed by atoms with E-state index in [0.29, 0.717) is 21.9 Å². The normalized spacial score (nSPS) is 10.9. The predicted molar refractivity (Wildman–Crippen MR) is 121 cm³/mol. The summed E-state index contributed by atoms with van der Waals surface area (Å²) in [6, 6.07) is 16.5. The second-order valence-corrected chi connectivity index (χ2v) is 7.74. The SMILES string of the molecule is CCc1ccccc1NC(=O)Cn1c(-c2ccccc2)nc2scc(C(=O)O)c2c1=O. The van der Waals surface area contributed by atoms with Crippen molar-refractivity contribution in [3.8, 4) is 11.4 Å². The summed E-state index contributed by atoms with van der Waals surface area (Å²) in [4.78, 5) is 42.6. The summed E-state index contributed by atoms with van der Waals surface area (Å²) in [6.07, 6.45) is 0.746. The zero-order valence-electron chi connectivity index (χ0n) is 16.7. The van der Waals surface area contributed by atoms with Gasteiger partial charge in [-0.3, -0.25) is 14.2 Å². The van der Waals surface area contributed by atoms with Gasteiger partial charge < -0.3 is 10.4 Å². The number of fused-ring (bicyclic) bond motifs is 1. The monoisotopic (exact) mass is 433 g/mol. The van der Waals surface area contributed by atoms with Crippen molar-refractivity contribution in [1.82, 2.24) is 9.55 Å². The van der Waals surface area contributed by atoms with Crippen LogP contribution >= 0.6 is 11.3 Å². The van der Waals surface area contributed by atoms with Gasteiger partial charge in [0.05, 0.1) is 10.9 Å². The van der Waals surface area contributed by atoms with E-state index in [1.54, 1.807) is 18.2 Å². The van der Waals surface area contributed by atoms with E-state index in [4.69, 9.17) is 0 Å². The number of carboxylic acid groups (broad SMARTS) is 1. The quantitative estimate of drug-likeness (QED) is 0.478. The molecule has 0 saturated heterocycles. The Balaban J connectivity index is 1.82. The van der Waals surface area contributed by atoms with E-state index >= 15 is 0 Å². The third-order valence-corrected chi connectivity index (χ3v) is 5.80. The number of carbonyl (C=O) groups excluding carboxylic acids is 1. The Hall–Kier alpha value is -3.78. The van der Waals surface area contributed by atoms with Crippen LogP contribution in [-0.2, 0) is 17.8 Å². The lowest BCUT2D eigenvalue weighted by Gasteiger charge is -2.14. The summed E-state index contributed by atoms with van der Waals surface area (Å²) >= 11 is 1.09. The van der Waals surface area contributed by atoms with Crippen LogP contribution in [0.25, 0.3) is 21.6 Å². The minimum absolute atomic E-state index is 0.0129. The number of aromatic nitrogens is 2. The number of para-hydroxylation sites is 1. The number of hydrogen-bond acceptors (Lipinski definition) is 5. The minimum atomic E-state index is -1.20. The lowest BCUT2D eigenvalue weighted by atomic mass is 10.1. The molecule has 0 radical (unpaired) electrons. The molecule has 8 heteroatoms. The highest BCUT2D eigenvalue weighted by Crippen LogP contribution is 2.25. The molecule has 156 valence electrons. The third kappa shape index (κ3) is 3.97. The Labute approximate surface area is 181 Å². The highest BCUT2D eigenvalue weighted by molar-refractivity contribution is 7.17. The smallest absolute Gasteiger partial charge is 0.337 e. The van der Waals surface area contributed by atoms with E-state index in [2.05, 4.69) is 10.3 Å². The van der Waals surface area contributed by atoms with Gasteiger partial charge in [0.15, 0.2) is 0 Å². The number of carbonyl (C=O) groups is 2. The highest BCUT2D eigenvalue weighted by Gasteiger charge is 2.21. The largest absolute Gasteiger partial charge is 0.478 e. The lowest BCUT2D eigenvalue weighted by molar-refractivity contribution is -0.116. The number of anilines is 1. The maximum Gasteiger partial charge on any atom is 0.337 e. The number of nitrogens with zero attached hydrogens (tertiary/aromatic N) is 2. The van der Waals surface area contributed by atoms with Gasteiger partial charge in [-0.1, -0.05) is 55.5 Å². The molecule has 0 bridgehead atoms. The first kappa shape index (κ1) is 20.5. The second-order valence-electron chi connectivity index (χ2n) is 6.89. The van der Waals surface area contributed by atoms with Crippen LogP contribution in [-0.4, -0.2) is 26.5 Å². The van der Waals surface area contributed by atoms with Crippen molar-refractivity contribution in [3.05, 3.63) is 81.5 Å². The summed E-state index contributed by atoms with van der Waals surface area (Å²) in [7, 11) is 0. The molecule has 0 unspecified atom stereocenters. The number of benzene rings is 2. The molecule has 0 atom stereocenters. The van der Waals surface area contributed by atoms with Gasteiger partial charge in [0, 0.05) is 16.6 Å². The molecule has 2 heterocycles. The van der Waals surface area contributed by atoms with Crippen LogP contribution in [0.3, 0.4) is 0 Å². The highest BCUT2D eigenvalue weighted by atomic mass is 32.1. The van der Waals surface area contributed by atoms with E-state index in [1.807, 2.05) is 43.3 Å². The molecule has 2 aromatic heterocycles. The molecule has 7 nitrogen and oxygen atoms in total. The fourth-order valence-electron chi connectivity index (χ4n) is 3.42. The first-order valence-electron chi connectivity index (χ1n) is 9.68. The number of aromatic carboxylic acids is 1.